The Kier molecular flexibility index (Phi) is 4.25. The second-order valence-electron chi connectivity index (χ2n) is 5.75. The molecule has 1 saturated heterocycles. The number of rotatable bonds is 4. The molecule has 2 atom stereocenters. The minimum absolute atomic E-state index is 0.0484. The van der Waals surface area contributed by atoms with E-state index in [-0.39, 0.29) is 28.8 Å². The van der Waals surface area contributed by atoms with E-state index >= 15 is 0 Å². The summed E-state index contributed by atoms with van der Waals surface area (Å²) in [6, 6.07) is 3.35. The standard InChI is InChI=1S/C15H14FNO7S/c16-11-1-2-12(9-4-6-24-13(9)11)25(22,23)17-5-3-8(14(18)19)10(7-17)15(20)21/h1-2,4,6,8,10H,3,5,7H2,(H,18,19)(H,20,21). The van der Waals surface area contributed by atoms with Crippen molar-refractivity contribution >= 4 is 32.9 Å². The molecule has 25 heavy (non-hydrogen) atoms. The summed E-state index contributed by atoms with van der Waals surface area (Å²) in [5.74, 6) is -5.89. The number of carboxylic acids is 2. The van der Waals surface area contributed by atoms with Crippen molar-refractivity contribution in [2.45, 2.75) is 11.3 Å². The van der Waals surface area contributed by atoms with E-state index in [2.05, 4.69) is 0 Å². The number of fused-ring (bicyclic) bond motifs is 1. The molecule has 0 bridgehead atoms. The van der Waals surface area contributed by atoms with Crippen LogP contribution in [-0.2, 0) is 19.6 Å². The lowest BCUT2D eigenvalue weighted by Crippen LogP contribution is -2.48. The summed E-state index contributed by atoms with van der Waals surface area (Å²) < 4.78 is 45.3. The average molecular weight is 371 g/mol. The van der Waals surface area contributed by atoms with Gasteiger partial charge in [-0.2, -0.15) is 4.31 Å². The molecule has 2 heterocycles. The van der Waals surface area contributed by atoms with Gasteiger partial charge in [-0.1, -0.05) is 0 Å². The Hall–Kier alpha value is -2.46. The van der Waals surface area contributed by atoms with Gasteiger partial charge >= 0.3 is 11.9 Å². The summed E-state index contributed by atoms with van der Waals surface area (Å²) in [7, 11) is -4.14. The Morgan fingerprint density at radius 1 is 1.16 bits per heavy atom. The third kappa shape index (κ3) is 2.87. The molecule has 0 saturated carbocycles. The van der Waals surface area contributed by atoms with Crippen LogP contribution in [0.3, 0.4) is 0 Å². The molecule has 2 unspecified atom stereocenters. The van der Waals surface area contributed by atoms with Crippen molar-refractivity contribution in [3.05, 3.63) is 30.3 Å². The maximum absolute atomic E-state index is 13.7. The minimum Gasteiger partial charge on any atom is -0.481 e. The zero-order chi connectivity index (χ0) is 18.4. The molecule has 1 aliphatic rings. The van der Waals surface area contributed by atoms with Crippen molar-refractivity contribution in [3.63, 3.8) is 0 Å². The van der Waals surface area contributed by atoms with Gasteiger partial charge in [0.15, 0.2) is 11.4 Å². The Balaban J connectivity index is 2.00. The summed E-state index contributed by atoms with van der Waals surface area (Å²) >= 11 is 0. The second-order valence-corrected chi connectivity index (χ2v) is 7.66. The van der Waals surface area contributed by atoms with Gasteiger partial charge in [0.2, 0.25) is 10.0 Å². The maximum atomic E-state index is 13.7. The van der Waals surface area contributed by atoms with Crippen LogP contribution in [0.2, 0.25) is 0 Å². The quantitative estimate of drug-likeness (QED) is 0.831. The largest absolute Gasteiger partial charge is 0.481 e. The highest BCUT2D eigenvalue weighted by Crippen LogP contribution is 2.32. The summed E-state index contributed by atoms with van der Waals surface area (Å²) in [6.45, 7) is -0.606. The molecule has 10 heteroatoms. The van der Waals surface area contributed by atoms with Crippen molar-refractivity contribution < 1.29 is 37.0 Å². The van der Waals surface area contributed by atoms with Crippen LogP contribution in [0, 0.1) is 17.7 Å². The van der Waals surface area contributed by atoms with Crippen molar-refractivity contribution in [1.29, 1.82) is 0 Å². The van der Waals surface area contributed by atoms with Gasteiger partial charge in [0.05, 0.1) is 23.0 Å². The molecule has 134 valence electrons. The Morgan fingerprint density at radius 2 is 1.84 bits per heavy atom. The first-order chi connectivity index (χ1) is 11.7. The molecule has 3 rings (SSSR count). The number of sulfonamides is 1. The number of carboxylic acid groups (broad SMARTS) is 2. The average Bonchev–Trinajstić information content (AvgIpc) is 3.04. The maximum Gasteiger partial charge on any atom is 0.308 e. The van der Waals surface area contributed by atoms with Gasteiger partial charge in [-0.05, 0) is 24.6 Å². The molecule has 0 spiro atoms. The van der Waals surface area contributed by atoms with Crippen LogP contribution in [-0.4, -0.2) is 48.0 Å². The van der Waals surface area contributed by atoms with Gasteiger partial charge in [0.25, 0.3) is 0 Å². The van der Waals surface area contributed by atoms with Crippen LogP contribution < -0.4 is 0 Å². The number of carbonyl (C=O) groups is 2. The van der Waals surface area contributed by atoms with Gasteiger partial charge in [0, 0.05) is 18.5 Å². The first kappa shape index (κ1) is 17.4. The summed E-state index contributed by atoms with van der Waals surface area (Å²) in [6.07, 6.45) is 1.03. The summed E-state index contributed by atoms with van der Waals surface area (Å²) in [5.41, 5.74) is -0.212. The first-order valence-electron chi connectivity index (χ1n) is 7.35. The third-order valence-electron chi connectivity index (χ3n) is 4.36. The highest BCUT2D eigenvalue weighted by atomic mass is 32.2. The molecule has 0 amide bonds. The number of hydrogen-bond acceptors (Lipinski definition) is 5. The van der Waals surface area contributed by atoms with Crippen LogP contribution in [0.15, 0.2) is 33.8 Å². The summed E-state index contributed by atoms with van der Waals surface area (Å²) in [4.78, 5) is 22.3. The Bertz CT molecular complexity index is 952. The van der Waals surface area contributed by atoms with E-state index in [1.54, 1.807) is 0 Å². The number of nitrogens with zero attached hydrogens (tertiary/aromatic N) is 1. The molecule has 1 aromatic carbocycles. The van der Waals surface area contributed by atoms with Crippen molar-refractivity contribution in [1.82, 2.24) is 4.31 Å². The molecule has 2 aromatic rings. The molecule has 0 aliphatic carbocycles. The molecule has 8 nitrogen and oxygen atoms in total. The fourth-order valence-electron chi connectivity index (χ4n) is 3.05. The topological polar surface area (TPSA) is 125 Å². The van der Waals surface area contributed by atoms with Crippen LogP contribution in [0.4, 0.5) is 4.39 Å². The molecule has 1 aliphatic heterocycles. The molecular formula is C15H14FNO7S. The number of piperidine rings is 1. The zero-order valence-electron chi connectivity index (χ0n) is 12.8. The fourth-order valence-corrected chi connectivity index (χ4v) is 4.71. The van der Waals surface area contributed by atoms with Gasteiger partial charge < -0.3 is 14.6 Å². The molecule has 2 N–H and O–H groups in total. The van der Waals surface area contributed by atoms with E-state index < -0.39 is 46.2 Å². The number of halogens is 1. The van der Waals surface area contributed by atoms with Crippen LogP contribution in [0.5, 0.6) is 0 Å². The fraction of sp³-hybridized carbons (Fsp3) is 0.333. The number of benzene rings is 1. The lowest BCUT2D eigenvalue weighted by molar-refractivity contribution is -0.156. The van der Waals surface area contributed by atoms with Crippen LogP contribution in [0.1, 0.15) is 6.42 Å². The van der Waals surface area contributed by atoms with Crippen molar-refractivity contribution in [2.24, 2.45) is 11.8 Å². The molecule has 1 fully saturated rings. The highest BCUT2D eigenvalue weighted by Gasteiger charge is 2.42. The highest BCUT2D eigenvalue weighted by molar-refractivity contribution is 7.89. The van der Waals surface area contributed by atoms with E-state index in [1.165, 1.54) is 6.07 Å². The SMILES string of the molecule is O=C(O)C1CCN(S(=O)(=O)c2ccc(F)c3occc23)CC1C(=O)O. The predicted octanol–water partition coefficient (Wildman–Crippen LogP) is 1.37. The van der Waals surface area contributed by atoms with Crippen molar-refractivity contribution in [2.75, 3.05) is 13.1 Å². The van der Waals surface area contributed by atoms with Crippen LogP contribution >= 0.6 is 0 Å². The lowest BCUT2D eigenvalue weighted by atomic mass is 9.86. The predicted molar refractivity (Wildman–Crippen MR) is 81.8 cm³/mol. The lowest BCUT2D eigenvalue weighted by Gasteiger charge is -2.33. The van der Waals surface area contributed by atoms with Gasteiger partial charge in [0.1, 0.15) is 0 Å². The van der Waals surface area contributed by atoms with Gasteiger partial charge in [-0.3, -0.25) is 9.59 Å². The third-order valence-corrected chi connectivity index (χ3v) is 6.28. The molecule has 0 radical (unpaired) electrons. The second kappa shape index (κ2) is 6.12. The minimum atomic E-state index is -4.14. The zero-order valence-corrected chi connectivity index (χ0v) is 13.6. The van der Waals surface area contributed by atoms with Crippen LogP contribution in [0.25, 0.3) is 11.0 Å². The molecule has 1 aromatic heterocycles. The normalized spacial score (nSPS) is 22.1. The number of hydrogen-bond donors (Lipinski definition) is 2. The van der Waals surface area contributed by atoms with Crippen molar-refractivity contribution in [3.8, 4) is 0 Å². The monoisotopic (exact) mass is 371 g/mol. The first-order valence-corrected chi connectivity index (χ1v) is 8.79. The smallest absolute Gasteiger partial charge is 0.308 e. The Labute approximate surface area is 141 Å². The summed E-state index contributed by atoms with van der Waals surface area (Å²) in [5, 5.41) is 18.4. The van der Waals surface area contributed by atoms with E-state index in [0.717, 1.165) is 22.7 Å². The van der Waals surface area contributed by atoms with Gasteiger partial charge in [-0.25, -0.2) is 12.8 Å². The van der Waals surface area contributed by atoms with E-state index in [9.17, 15) is 27.5 Å². The number of furan rings is 1. The van der Waals surface area contributed by atoms with E-state index in [0.29, 0.717) is 0 Å². The van der Waals surface area contributed by atoms with E-state index in [4.69, 9.17) is 9.52 Å². The van der Waals surface area contributed by atoms with E-state index in [1.807, 2.05) is 0 Å². The Morgan fingerprint density at radius 3 is 2.48 bits per heavy atom. The van der Waals surface area contributed by atoms with Gasteiger partial charge in [-0.15, -0.1) is 0 Å². The number of aliphatic carboxylic acids is 2. The molecular weight excluding hydrogens is 357 g/mol.